The van der Waals surface area contributed by atoms with Gasteiger partial charge in [0.1, 0.15) is 5.82 Å². The number of rotatable bonds is 7. The number of fused-ring (bicyclic) bond motifs is 3. The molecule has 0 spiro atoms. The third kappa shape index (κ3) is 6.09. The quantitative estimate of drug-likeness (QED) is 0.190. The number of aliphatic hydroxyl groups is 1. The van der Waals surface area contributed by atoms with Gasteiger partial charge in [-0.2, -0.15) is 0 Å². The number of primary amides is 1. The molecule has 4 aromatic carbocycles. The number of nitrogens with zero attached hydrogens (tertiary/aromatic N) is 2. The molecular formula is C33H32ClFN4O4. The molecule has 10 heteroatoms. The van der Waals surface area contributed by atoms with Gasteiger partial charge in [-0.3, -0.25) is 14.4 Å². The molecule has 1 aromatic heterocycles. The van der Waals surface area contributed by atoms with Crippen molar-refractivity contribution in [3.63, 3.8) is 0 Å². The fourth-order valence-electron chi connectivity index (χ4n) is 5.02. The molecule has 3 amide bonds. The smallest absolute Gasteiger partial charge is 0.250 e. The first-order valence-electron chi connectivity index (χ1n) is 13.3. The Morgan fingerprint density at radius 3 is 2.21 bits per heavy atom. The average molecular weight is 603 g/mol. The zero-order valence-electron chi connectivity index (χ0n) is 24.4. The molecule has 0 atom stereocenters. The normalized spacial score (nSPS) is 11.2. The number of carbonyl (C=O) groups excluding carboxylic acids is 3. The third-order valence-electron chi connectivity index (χ3n) is 7.30. The van der Waals surface area contributed by atoms with E-state index in [1.54, 1.807) is 45.2 Å². The van der Waals surface area contributed by atoms with E-state index in [0.717, 1.165) is 50.6 Å². The molecule has 0 aliphatic heterocycles. The molecule has 8 nitrogen and oxygen atoms in total. The summed E-state index contributed by atoms with van der Waals surface area (Å²) in [6.45, 7) is 5.36. The molecule has 0 radical (unpaired) electrons. The molecule has 0 saturated carbocycles. The van der Waals surface area contributed by atoms with Crippen LogP contribution in [0.15, 0.2) is 66.7 Å². The molecule has 5 rings (SSSR count). The largest absolute Gasteiger partial charge is 0.386 e. The summed E-state index contributed by atoms with van der Waals surface area (Å²) in [6.07, 6.45) is 1.32. The van der Waals surface area contributed by atoms with Crippen LogP contribution in [0.4, 0.5) is 15.8 Å². The average Bonchev–Trinajstić information content (AvgIpc) is 3.35. The van der Waals surface area contributed by atoms with Gasteiger partial charge < -0.3 is 25.6 Å². The lowest BCUT2D eigenvalue weighted by Gasteiger charge is -2.19. The van der Waals surface area contributed by atoms with Gasteiger partial charge >= 0.3 is 0 Å². The highest BCUT2D eigenvalue weighted by atomic mass is 35.5. The van der Waals surface area contributed by atoms with Crippen molar-refractivity contribution in [1.82, 2.24) is 4.98 Å². The lowest BCUT2D eigenvalue weighted by molar-refractivity contribution is -0.108. The van der Waals surface area contributed by atoms with Crippen molar-refractivity contribution < 1.29 is 23.9 Å². The molecule has 222 valence electrons. The summed E-state index contributed by atoms with van der Waals surface area (Å²) in [5, 5.41) is 12.4. The fourth-order valence-corrected chi connectivity index (χ4v) is 5.32. The summed E-state index contributed by atoms with van der Waals surface area (Å²) >= 11 is 6.74. The number of benzene rings is 4. The summed E-state index contributed by atoms with van der Waals surface area (Å²) in [7, 11) is 3.20. The standard InChI is InChI=1S/C25H24ClN3O3.C8H8FNO/c1-13-15(6-5-7-20(13)29(4)12-30)21-18(26)11-17(24(27)31)23-22(21)16-9-8-14(25(2,3)32)10-19(16)28-23;1-10(6-11)8-5-3-2-4-7(8)9/h5-12,28,32H,1-4H3,(H2,27,31);2-6H,1H3. The summed E-state index contributed by atoms with van der Waals surface area (Å²) in [4.78, 5) is 39.8. The second-order valence-electron chi connectivity index (χ2n) is 10.7. The number of para-hydroxylation sites is 1. The van der Waals surface area contributed by atoms with Gasteiger partial charge in [0, 0.05) is 46.7 Å². The summed E-state index contributed by atoms with van der Waals surface area (Å²) in [6, 6.07) is 19.0. The minimum absolute atomic E-state index is 0.286. The predicted octanol–water partition coefficient (Wildman–Crippen LogP) is 6.29. The Morgan fingerprint density at radius 2 is 1.60 bits per heavy atom. The van der Waals surface area contributed by atoms with Crippen molar-refractivity contribution in [2.24, 2.45) is 5.73 Å². The Bertz CT molecular complexity index is 1860. The monoisotopic (exact) mass is 602 g/mol. The second-order valence-corrected chi connectivity index (χ2v) is 11.1. The van der Waals surface area contributed by atoms with E-state index in [1.807, 2.05) is 43.3 Å². The van der Waals surface area contributed by atoms with Gasteiger partial charge in [-0.25, -0.2) is 4.39 Å². The Hall–Kier alpha value is -4.73. The Kier molecular flexibility index (Phi) is 8.89. The number of anilines is 2. The molecule has 0 fully saturated rings. The van der Waals surface area contributed by atoms with Crippen molar-refractivity contribution in [2.75, 3.05) is 23.9 Å². The number of aromatic nitrogens is 1. The first-order valence-corrected chi connectivity index (χ1v) is 13.7. The maximum Gasteiger partial charge on any atom is 0.250 e. The zero-order valence-corrected chi connectivity index (χ0v) is 25.2. The summed E-state index contributed by atoms with van der Waals surface area (Å²) in [5.74, 6) is -0.981. The van der Waals surface area contributed by atoms with Crippen LogP contribution in [-0.4, -0.2) is 42.9 Å². The molecular weight excluding hydrogens is 571 g/mol. The molecule has 0 aliphatic rings. The Labute approximate surface area is 253 Å². The number of nitrogens with two attached hydrogens (primary N) is 1. The second kappa shape index (κ2) is 12.2. The summed E-state index contributed by atoms with van der Waals surface area (Å²) < 4.78 is 12.8. The third-order valence-corrected chi connectivity index (χ3v) is 7.60. The minimum Gasteiger partial charge on any atom is -0.386 e. The zero-order chi connectivity index (χ0) is 31.6. The molecule has 4 N–H and O–H groups in total. The van der Waals surface area contributed by atoms with Gasteiger partial charge in [-0.15, -0.1) is 0 Å². The van der Waals surface area contributed by atoms with E-state index in [-0.39, 0.29) is 11.4 Å². The number of hydrogen-bond acceptors (Lipinski definition) is 4. The predicted molar refractivity (Wildman–Crippen MR) is 170 cm³/mol. The highest BCUT2D eigenvalue weighted by molar-refractivity contribution is 6.37. The number of H-pyrrole nitrogens is 1. The molecule has 1 heterocycles. The molecule has 0 unspecified atom stereocenters. The first kappa shape index (κ1) is 31.2. The van der Waals surface area contributed by atoms with Crippen LogP contribution in [-0.2, 0) is 15.2 Å². The van der Waals surface area contributed by atoms with Gasteiger partial charge in [0.25, 0.3) is 5.91 Å². The van der Waals surface area contributed by atoms with E-state index in [2.05, 4.69) is 4.98 Å². The number of aromatic amines is 1. The van der Waals surface area contributed by atoms with E-state index < -0.39 is 11.5 Å². The lowest BCUT2D eigenvalue weighted by Crippen LogP contribution is -2.15. The molecule has 0 saturated heterocycles. The summed E-state index contributed by atoms with van der Waals surface area (Å²) in [5.41, 5.74) is 10.5. The molecule has 43 heavy (non-hydrogen) atoms. The van der Waals surface area contributed by atoms with Crippen LogP contribution in [0.25, 0.3) is 32.9 Å². The van der Waals surface area contributed by atoms with Gasteiger partial charge in [0.2, 0.25) is 12.8 Å². The van der Waals surface area contributed by atoms with Crippen molar-refractivity contribution in [1.29, 1.82) is 0 Å². The number of amides is 3. The lowest BCUT2D eigenvalue weighted by atomic mass is 9.92. The SMILES string of the molecule is CN(C=O)c1ccccc1F.Cc1c(-c2c(Cl)cc(C(N)=O)c3[nH]c4cc(C(C)(C)O)ccc4c23)cccc1N(C)C=O. The van der Waals surface area contributed by atoms with Gasteiger partial charge in [0.05, 0.1) is 22.4 Å². The van der Waals surface area contributed by atoms with Crippen LogP contribution < -0.4 is 15.5 Å². The van der Waals surface area contributed by atoms with Crippen molar-refractivity contribution in [2.45, 2.75) is 26.4 Å². The van der Waals surface area contributed by atoms with E-state index in [4.69, 9.17) is 17.3 Å². The highest BCUT2D eigenvalue weighted by Crippen LogP contribution is 2.44. The number of halogens is 2. The van der Waals surface area contributed by atoms with E-state index >= 15 is 0 Å². The highest BCUT2D eigenvalue weighted by Gasteiger charge is 2.23. The first-order chi connectivity index (χ1) is 20.3. The molecule has 0 aliphatic carbocycles. The Balaban J connectivity index is 0.000000324. The van der Waals surface area contributed by atoms with Gasteiger partial charge in [0.15, 0.2) is 0 Å². The topological polar surface area (TPSA) is 120 Å². The van der Waals surface area contributed by atoms with Crippen LogP contribution in [0.3, 0.4) is 0 Å². The van der Waals surface area contributed by atoms with Crippen LogP contribution in [0.5, 0.6) is 0 Å². The maximum absolute atomic E-state index is 12.8. The van der Waals surface area contributed by atoms with Crippen LogP contribution in [0.2, 0.25) is 5.02 Å². The maximum atomic E-state index is 12.8. The van der Waals surface area contributed by atoms with Crippen molar-refractivity contribution in [3.8, 4) is 11.1 Å². The fraction of sp³-hybridized carbons (Fsp3) is 0.182. The van der Waals surface area contributed by atoms with E-state index in [9.17, 15) is 23.9 Å². The van der Waals surface area contributed by atoms with Crippen molar-refractivity contribution in [3.05, 3.63) is 94.3 Å². The van der Waals surface area contributed by atoms with Crippen molar-refractivity contribution >= 4 is 63.5 Å². The Morgan fingerprint density at radius 1 is 0.977 bits per heavy atom. The molecule has 0 bridgehead atoms. The number of carbonyl (C=O) groups is 3. The van der Waals surface area contributed by atoms with E-state index in [1.165, 1.54) is 22.9 Å². The van der Waals surface area contributed by atoms with Crippen LogP contribution in [0.1, 0.15) is 35.3 Å². The number of hydrogen-bond donors (Lipinski definition) is 3. The van der Waals surface area contributed by atoms with Crippen LogP contribution in [0, 0.1) is 12.7 Å². The van der Waals surface area contributed by atoms with Gasteiger partial charge in [-0.1, -0.05) is 48.0 Å². The van der Waals surface area contributed by atoms with E-state index in [0.29, 0.717) is 22.6 Å². The minimum atomic E-state index is -1.02. The van der Waals surface area contributed by atoms with Gasteiger partial charge in [-0.05, 0) is 67.8 Å². The number of nitrogens with one attached hydrogen (secondary N) is 1. The molecule has 5 aromatic rings. The van der Waals surface area contributed by atoms with Crippen LogP contribution >= 0.6 is 11.6 Å².